The molecule has 1 aliphatic heterocycles. The molecule has 0 spiro atoms. The number of aromatic nitrogens is 1. The van der Waals surface area contributed by atoms with Crippen LogP contribution in [0.4, 0.5) is 0 Å². The molecule has 1 aliphatic rings. The monoisotopic (exact) mass is 281 g/mol. The van der Waals surface area contributed by atoms with Crippen LogP contribution in [0.5, 0.6) is 0 Å². The van der Waals surface area contributed by atoms with E-state index in [-0.39, 0.29) is 0 Å². The van der Waals surface area contributed by atoms with Crippen molar-refractivity contribution in [2.45, 2.75) is 50.8 Å². The van der Waals surface area contributed by atoms with Gasteiger partial charge in [-0.25, -0.2) is 4.98 Å². The fourth-order valence-electron chi connectivity index (χ4n) is 1.92. The molecule has 0 bridgehead atoms. The average Bonchev–Trinajstić information content (AvgIpc) is 2.47. The number of rotatable bonds is 2. The largest absolute Gasteiger partial charge is 0.497 e. The lowest BCUT2D eigenvalue weighted by Crippen LogP contribution is -2.41. The van der Waals surface area contributed by atoms with Gasteiger partial charge in [-0.2, -0.15) is 0 Å². The molecule has 2 heterocycles. The van der Waals surface area contributed by atoms with E-state index in [9.17, 15) is 4.21 Å². The normalized spacial score (nSPS) is 22.5. The van der Waals surface area contributed by atoms with Crippen LogP contribution in [-0.2, 0) is 20.1 Å². The van der Waals surface area contributed by atoms with Crippen LogP contribution in [0.2, 0.25) is 0 Å². The van der Waals surface area contributed by atoms with Gasteiger partial charge >= 0.3 is 7.12 Å². The Bertz CT molecular complexity index is 515. The second-order valence-electron chi connectivity index (χ2n) is 5.89. The summed E-state index contributed by atoms with van der Waals surface area (Å²) >= 11 is 0. The van der Waals surface area contributed by atoms with Crippen LogP contribution in [-0.4, -0.2) is 33.8 Å². The molecule has 6 heteroatoms. The zero-order chi connectivity index (χ0) is 14.4. The van der Waals surface area contributed by atoms with Gasteiger partial charge in [0.2, 0.25) is 0 Å². The van der Waals surface area contributed by atoms with Crippen molar-refractivity contribution in [3.8, 4) is 0 Å². The summed E-state index contributed by atoms with van der Waals surface area (Å²) in [6, 6.07) is 3.78. The molecule has 1 aromatic rings. The molecule has 2 rings (SSSR count). The van der Waals surface area contributed by atoms with Crippen LogP contribution in [0.3, 0.4) is 0 Å². The number of nitrogens with zero attached hydrogens (tertiary/aromatic N) is 1. The molecule has 1 fully saturated rings. The third-order valence-electron chi connectivity index (χ3n) is 3.81. The molecule has 1 atom stereocenters. The number of hydrogen-bond donors (Lipinski definition) is 0. The molecule has 0 radical (unpaired) electrons. The van der Waals surface area contributed by atoms with E-state index in [1.807, 2.05) is 46.8 Å². The average molecular weight is 281 g/mol. The summed E-state index contributed by atoms with van der Waals surface area (Å²) in [4.78, 5) is 4.35. The van der Waals surface area contributed by atoms with Gasteiger partial charge in [0, 0.05) is 17.4 Å². The highest BCUT2D eigenvalue weighted by Gasteiger charge is 2.52. The second-order valence-corrected chi connectivity index (χ2v) is 7.18. The predicted octanol–water partition coefficient (Wildman–Crippen LogP) is 1.43. The summed E-state index contributed by atoms with van der Waals surface area (Å²) < 4.78 is 23.8. The second kappa shape index (κ2) is 4.68. The first-order valence-electron chi connectivity index (χ1n) is 6.31. The van der Waals surface area contributed by atoms with Gasteiger partial charge in [-0.15, -0.1) is 0 Å². The number of aryl methyl sites for hydroxylation is 1. The molecule has 0 amide bonds. The zero-order valence-corrected chi connectivity index (χ0v) is 13.1. The van der Waals surface area contributed by atoms with Gasteiger partial charge in [0.25, 0.3) is 0 Å². The lowest BCUT2D eigenvalue weighted by Gasteiger charge is -2.32. The van der Waals surface area contributed by atoms with Crippen LogP contribution in [0.15, 0.2) is 17.2 Å². The quantitative estimate of drug-likeness (QED) is 0.769. The van der Waals surface area contributed by atoms with Crippen molar-refractivity contribution in [2.24, 2.45) is 0 Å². The maximum absolute atomic E-state index is 11.8. The number of pyridine rings is 1. The van der Waals surface area contributed by atoms with Crippen molar-refractivity contribution < 1.29 is 13.5 Å². The molecular weight excluding hydrogens is 261 g/mol. The van der Waals surface area contributed by atoms with E-state index in [1.165, 1.54) is 0 Å². The van der Waals surface area contributed by atoms with Crippen molar-refractivity contribution in [3.05, 3.63) is 17.8 Å². The molecule has 0 aliphatic carbocycles. The molecule has 104 valence electrons. The maximum atomic E-state index is 11.8. The van der Waals surface area contributed by atoms with E-state index in [0.717, 1.165) is 11.2 Å². The summed E-state index contributed by atoms with van der Waals surface area (Å²) in [5.74, 6) is 0. The van der Waals surface area contributed by atoms with E-state index < -0.39 is 29.1 Å². The topological polar surface area (TPSA) is 48.4 Å². The molecule has 1 unspecified atom stereocenters. The van der Waals surface area contributed by atoms with E-state index in [4.69, 9.17) is 9.31 Å². The standard InChI is InChI=1S/C13H20BNO3S/c1-9-7-8-10(11(15-9)19(6)16)14-17-12(2,3)13(4,5)18-14/h7-8H,1-6H3. The predicted molar refractivity (Wildman–Crippen MR) is 77.0 cm³/mol. The Labute approximate surface area is 117 Å². The van der Waals surface area contributed by atoms with E-state index >= 15 is 0 Å². The van der Waals surface area contributed by atoms with E-state index in [2.05, 4.69) is 4.98 Å². The highest BCUT2D eigenvalue weighted by Crippen LogP contribution is 2.36. The van der Waals surface area contributed by atoms with Crippen LogP contribution in [0.25, 0.3) is 0 Å². The van der Waals surface area contributed by atoms with E-state index in [0.29, 0.717) is 5.03 Å². The summed E-state index contributed by atoms with van der Waals surface area (Å²) in [6.07, 6.45) is 1.62. The minimum Gasteiger partial charge on any atom is -0.399 e. The van der Waals surface area contributed by atoms with Crippen LogP contribution in [0.1, 0.15) is 33.4 Å². The van der Waals surface area contributed by atoms with Gasteiger partial charge in [-0.05, 0) is 40.7 Å². The first-order chi connectivity index (χ1) is 8.64. The van der Waals surface area contributed by atoms with Gasteiger partial charge in [0.15, 0.2) is 0 Å². The lowest BCUT2D eigenvalue weighted by molar-refractivity contribution is 0.00578. The fraction of sp³-hybridized carbons (Fsp3) is 0.615. The molecule has 0 aromatic carbocycles. The molecule has 4 nitrogen and oxygen atoms in total. The Balaban J connectivity index is 2.42. The Kier molecular flexibility index (Phi) is 3.62. The fourth-order valence-corrected chi connectivity index (χ4v) is 2.69. The van der Waals surface area contributed by atoms with Gasteiger partial charge in [0.05, 0.1) is 22.0 Å². The van der Waals surface area contributed by atoms with Gasteiger partial charge in [0.1, 0.15) is 5.03 Å². The van der Waals surface area contributed by atoms with E-state index in [1.54, 1.807) is 6.26 Å². The smallest absolute Gasteiger partial charge is 0.399 e. The summed E-state index contributed by atoms with van der Waals surface area (Å²) in [5.41, 5.74) is 0.778. The molecule has 1 saturated heterocycles. The van der Waals surface area contributed by atoms with Crippen molar-refractivity contribution in [2.75, 3.05) is 6.26 Å². The van der Waals surface area contributed by atoms with Crippen molar-refractivity contribution in [1.29, 1.82) is 0 Å². The highest BCUT2D eigenvalue weighted by atomic mass is 32.2. The highest BCUT2D eigenvalue weighted by molar-refractivity contribution is 7.84. The SMILES string of the molecule is Cc1ccc(B2OC(C)(C)C(C)(C)O2)c(S(C)=O)n1. The Morgan fingerprint density at radius 2 is 1.68 bits per heavy atom. The molecule has 19 heavy (non-hydrogen) atoms. The van der Waals surface area contributed by atoms with Gasteiger partial charge in [-0.1, -0.05) is 6.07 Å². The van der Waals surface area contributed by atoms with Crippen molar-refractivity contribution >= 4 is 23.4 Å². The Morgan fingerprint density at radius 3 is 2.16 bits per heavy atom. The summed E-state index contributed by atoms with van der Waals surface area (Å²) in [6.45, 7) is 9.87. The van der Waals surface area contributed by atoms with Crippen LogP contribution < -0.4 is 5.46 Å². The van der Waals surface area contributed by atoms with Crippen LogP contribution >= 0.6 is 0 Å². The molecule has 1 aromatic heterocycles. The van der Waals surface area contributed by atoms with Gasteiger partial charge in [-0.3, -0.25) is 4.21 Å². The minimum absolute atomic E-state index is 0.408. The molecule has 0 N–H and O–H groups in total. The minimum atomic E-state index is -1.17. The van der Waals surface area contributed by atoms with Gasteiger partial charge < -0.3 is 9.31 Å². The molecule has 0 saturated carbocycles. The third kappa shape index (κ3) is 2.62. The number of hydrogen-bond acceptors (Lipinski definition) is 4. The van der Waals surface area contributed by atoms with Crippen LogP contribution in [0, 0.1) is 6.92 Å². The first kappa shape index (κ1) is 14.7. The summed E-state index contributed by atoms with van der Waals surface area (Å²) in [7, 11) is -1.68. The Hall–Kier alpha value is -0.715. The maximum Gasteiger partial charge on any atom is 0.497 e. The third-order valence-corrected chi connectivity index (χ3v) is 4.68. The van der Waals surface area contributed by atoms with Crippen molar-refractivity contribution in [3.63, 3.8) is 0 Å². The Morgan fingerprint density at radius 1 is 1.16 bits per heavy atom. The summed E-state index contributed by atoms with van der Waals surface area (Å²) in [5, 5.41) is 0.540. The first-order valence-corrected chi connectivity index (χ1v) is 7.86. The molecular formula is C13H20BNO3S. The van der Waals surface area contributed by atoms with Crippen molar-refractivity contribution in [1.82, 2.24) is 4.98 Å². The zero-order valence-electron chi connectivity index (χ0n) is 12.3. The lowest BCUT2D eigenvalue weighted by atomic mass is 9.80.